The van der Waals surface area contributed by atoms with Crippen LogP contribution in [-0.4, -0.2) is 17.7 Å². The van der Waals surface area contributed by atoms with Crippen molar-refractivity contribution in [2.45, 2.75) is 13.5 Å². The normalized spacial score (nSPS) is 10.3. The molecule has 0 aliphatic carbocycles. The van der Waals surface area contributed by atoms with Gasteiger partial charge in [0.25, 0.3) is 0 Å². The maximum Gasteiger partial charge on any atom is 0.419 e. The second-order valence-electron chi connectivity index (χ2n) is 3.34. The highest BCUT2D eigenvalue weighted by atomic mass is 35.5. The van der Waals surface area contributed by atoms with Crippen molar-refractivity contribution in [2.24, 2.45) is 0 Å². The summed E-state index contributed by atoms with van der Waals surface area (Å²) in [6.45, 7) is 4.37. The number of hydrogen-bond acceptors (Lipinski definition) is 3. The molecule has 0 spiro atoms. The maximum absolute atomic E-state index is 11.5. The summed E-state index contributed by atoms with van der Waals surface area (Å²) >= 11 is 0. The van der Waals surface area contributed by atoms with Gasteiger partial charge in [-0.25, -0.2) is 4.79 Å². The van der Waals surface area contributed by atoms with Crippen molar-refractivity contribution in [3.05, 3.63) is 34.8 Å². The topological polar surface area (TPSA) is 47.2 Å². The minimum Gasteiger partial charge on any atom is -0.408 e. The van der Waals surface area contributed by atoms with Gasteiger partial charge in [0.1, 0.15) is 0 Å². The molecule has 88 valence electrons. The molecule has 0 amide bonds. The van der Waals surface area contributed by atoms with E-state index in [4.69, 9.17) is 4.42 Å². The largest absolute Gasteiger partial charge is 0.419 e. The van der Waals surface area contributed by atoms with Crippen LogP contribution >= 0.6 is 12.4 Å². The van der Waals surface area contributed by atoms with Crippen LogP contribution in [0, 0.1) is 0 Å². The van der Waals surface area contributed by atoms with E-state index in [2.05, 4.69) is 5.32 Å². The fourth-order valence-corrected chi connectivity index (χ4v) is 1.59. The van der Waals surface area contributed by atoms with Gasteiger partial charge in [-0.05, 0) is 18.7 Å². The Kier molecular flexibility index (Phi) is 4.58. The molecule has 0 aliphatic heterocycles. The number of nitrogens with zero attached hydrogens (tertiary/aromatic N) is 1. The van der Waals surface area contributed by atoms with Gasteiger partial charge in [-0.2, -0.15) is 0 Å². The minimum absolute atomic E-state index is 0. The van der Waals surface area contributed by atoms with Crippen molar-refractivity contribution in [2.75, 3.05) is 13.1 Å². The van der Waals surface area contributed by atoms with E-state index in [9.17, 15) is 4.79 Å². The molecule has 0 unspecified atom stereocenters. The summed E-state index contributed by atoms with van der Waals surface area (Å²) in [7, 11) is 0. The third kappa shape index (κ3) is 2.46. The summed E-state index contributed by atoms with van der Waals surface area (Å²) in [5.41, 5.74) is 1.51. The Balaban J connectivity index is 0.00000128. The molecule has 16 heavy (non-hydrogen) atoms. The molecular weight excluding hydrogens is 228 g/mol. The van der Waals surface area contributed by atoms with Crippen molar-refractivity contribution >= 4 is 23.5 Å². The van der Waals surface area contributed by atoms with Crippen LogP contribution in [0.3, 0.4) is 0 Å². The van der Waals surface area contributed by atoms with Gasteiger partial charge in [0.05, 0.1) is 5.52 Å². The standard InChI is InChI=1S/C11H14N2O2.ClH/c1-2-12-7-8-13-9-5-3-4-6-10(9)15-11(13)14;/h3-6,12H,2,7-8H2,1H3;1H. The predicted molar refractivity (Wildman–Crippen MR) is 66.3 cm³/mol. The van der Waals surface area contributed by atoms with E-state index in [1.54, 1.807) is 10.6 Å². The molecule has 0 radical (unpaired) electrons. The molecule has 0 aliphatic rings. The summed E-state index contributed by atoms with van der Waals surface area (Å²) in [5.74, 6) is -0.283. The molecule has 4 nitrogen and oxygen atoms in total. The van der Waals surface area contributed by atoms with Gasteiger partial charge in [0, 0.05) is 13.1 Å². The quantitative estimate of drug-likeness (QED) is 0.829. The molecule has 0 saturated carbocycles. The molecular formula is C11H15ClN2O2. The van der Waals surface area contributed by atoms with Gasteiger partial charge >= 0.3 is 5.76 Å². The van der Waals surface area contributed by atoms with Crippen LogP contribution in [0.5, 0.6) is 0 Å². The van der Waals surface area contributed by atoms with E-state index in [0.717, 1.165) is 18.6 Å². The van der Waals surface area contributed by atoms with E-state index >= 15 is 0 Å². The number of hydrogen-bond donors (Lipinski definition) is 1. The Hall–Kier alpha value is -1.26. The van der Waals surface area contributed by atoms with Crippen LogP contribution in [0.4, 0.5) is 0 Å². The number of likely N-dealkylation sites (N-methyl/N-ethyl adjacent to an activating group) is 1. The Morgan fingerprint density at radius 2 is 2.12 bits per heavy atom. The fourth-order valence-electron chi connectivity index (χ4n) is 1.59. The van der Waals surface area contributed by atoms with Gasteiger partial charge in [0.2, 0.25) is 0 Å². The number of rotatable bonds is 4. The van der Waals surface area contributed by atoms with Crippen LogP contribution in [-0.2, 0) is 6.54 Å². The van der Waals surface area contributed by atoms with Gasteiger partial charge in [-0.3, -0.25) is 4.57 Å². The lowest BCUT2D eigenvalue weighted by Gasteiger charge is -2.01. The number of fused-ring (bicyclic) bond motifs is 1. The SMILES string of the molecule is CCNCCn1c(=O)oc2ccccc21.Cl. The van der Waals surface area contributed by atoms with Crippen molar-refractivity contribution < 1.29 is 4.42 Å². The molecule has 1 aromatic carbocycles. The van der Waals surface area contributed by atoms with Crippen molar-refractivity contribution in [3.8, 4) is 0 Å². The Morgan fingerprint density at radius 1 is 1.38 bits per heavy atom. The van der Waals surface area contributed by atoms with E-state index in [-0.39, 0.29) is 18.2 Å². The maximum atomic E-state index is 11.5. The van der Waals surface area contributed by atoms with E-state index in [1.165, 1.54) is 0 Å². The molecule has 0 saturated heterocycles. The van der Waals surface area contributed by atoms with Gasteiger partial charge in [-0.15, -0.1) is 12.4 Å². The van der Waals surface area contributed by atoms with Crippen LogP contribution in [0.1, 0.15) is 6.92 Å². The number of nitrogens with one attached hydrogen (secondary N) is 1. The summed E-state index contributed by atoms with van der Waals surface area (Å²) in [5, 5.41) is 3.18. The van der Waals surface area contributed by atoms with Crippen molar-refractivity contribution in [3.63, 3.8) is 0 Å². The molecule has 0 fully saturated rings. The molecule has 1 N–H and O–H groups in total. The fraction of sp³-hybridized carbons (Fsp3) is 0.364. The summed E-state index contributed by atoms with van der Waals surface area (Å²) < 4.78 is 6.76. The van der Waals surface area contributed by atoms with Gasteiger partial charge in [0.15, 0.2) is 5.58 Å². The molecule has 2 aromatic rings. The van der Waals surface area contributed by atoms with E-state index < -0.39 is 0 Å². The average Bonchev–Trinajstić information content (AvgIpc) is 2.56. The Morgan fingerprint density at radius 3 is 2.88 bits per heavy atom. The number of halogens is 1. The summed E-state index contributed by atoms with van der Waals surface area (Å²) in [4.78, 5) is 11.5. The highest BCUT2D eigenvalue weighted by Gasteiger charge is 2.06. The number of aromatic nitrogens is 1. The lowest BCUT2D eigenvalue weighted by molar-refractivity contribution is 0.496. The first-order valence-corrected chi connectivity index (χ1v) is 5.12. The lowest BCUT2D eigenvalue weighted by atomic mass is 10.3. The van der Waals surface area contributed by atoms with Gasteiger partial charge in [-0.1, -0.05) is 19.1 Å². The van der Waals surface area contributed by atoms with Crippen LogP contribution in [0.15, 0.2) is 33.5 Å². The zero-order valence-corrected chi connectivity index (χ0v) is 9.92. The summed E-state index contributed by atoms with van der Waals surface area (Å²) in [6, 6.07) is 7.47. The second-order valence-corrected chi connectivity index (χ2v) is 3.34. The number of oxazole rings is 1. The molecule has 0 atom stereocenters. The van der Waals surface area contributed by atoms with Crippen LogP contribution in [0.2, 0.25) is 0 Å². The zero-order valence-electron chi connectivity index (χ0n) is 9.10. The first kappa shape index (κ1) is 12.8. The number of benzene rings is 1. The molecule has 5 heteroatoms. The Labute approximate surface area is 99.7 Å². The molecule has 1 heterocycles. The third-order valence-corrected chi connectivity index (χ3v) is 2.34. The van der Waals surface area contributed by atoms with Gasteiger partial charge < -0.3 is 9.73 Å². The lowest BCUT2D eigenvalue weighted by Crippen LogP contribution is -2.24. The van der Waals surface area contributed by atoms with E-state index in [1.807, 2.05) is 25.1 Å². The molecule has 1 aromatic heterocycles. The van der Waals surface area contributed by atoms with Crippen LogP contribution < -0.4 is 11.1 Å². The third-order valence-electron chi connectivity index (χ3n) is 2.34. The first-order chi connectivity index (χ1) is 7.33. The smallest absolute Gasteiger partial charge is 0.408 e. The van der Waals surface area contributed by atoms with E-state index in [0.29, 0.717) is 12.1 Å². The average molecular weight is 243 g/mol. The summed E-state index contributed by atoms with van der Waals surface area (Å²) in [6.07, 6.45) is 0. The minimum atomic E-state index is -0.283. The monoisotopic (exact) mass is 242 g/mol. The Bertz CT molecular complexity index is 504. The first-order valence-electron chi connectivity index (χ1n) is 5.12. The van der Waals surface area contributed by atoms with Crippen molar-refractivity contribution in [1.82, 2.24) is 9.88 Å². The van der Waals surface area contributed by atoms with Crippen LogP contribution in [0.25, 0.3) is 11.1 Å². The number of para-hydroxylation sites is 2. The molecule has 0 bridgehead atoms. The highest BCUT2D eigenvalue weighted by molar-refractivity contribution is 5.85. The predicted octanol–water partition coefficient (Wildman–Crippen LogP) is 1.63. The molecule has 2 rings (SSSR count). The van der Waals surface area contributed by atoms with Crippen molar-refractivity contribution in [1.29, 1.82) is 0 Å². The second kappa shape index (κ2) is 5.72. The highest BCUT2D eigenvalue weighted by Crippen LogP contribution is 2.10. The zero-order chi connectivity index (χ0) is 10.7.